The second-order valence-electron chi connectivity index (χ2n) is 8.43. The number of anilines is 1. The van der Waals surface area contributed by atoms with Crippen LogP contribution in [0.4, 0.5) is 5.69 Å². The van der Waals surface area contributed by atoms with E-state index in [9.17, 15) is 9.59 Å². The van der Waals surface area contributed by atoms with Gasteiger partial charge in [0.2, 0.25) is 0 Å². The number of carbonyl (C=O) groups excluding carboxylic acids is 1. The summed E-state index contributed by atoms with van der Waals surface area (Å²) in [6.07, 6.45) is 1.70. The van der Waals surface area contributed by atoms with Crippen LogP contribution in [0.25, 0.3) is 22.6 Å². The summed E-state index contributed by atoms with van der Waals surface area (Å²) in [5, 5.41) is 7.59. The molecule has 2 aromatic heterocycles. The van der Waals surface area contributed by atoms with Crippen molar-refractivity contribution in [2.75, 3.05) is 5.32 Å². The molecule has 0 radical (unpaired) electrons. The van der Waals surface area contributed by atoms with Gasteiger partial charge >= 0.3 is 0 Å². The zero-order valence-corrected chi connectivity index (χ0v) is 19.8. The third kappa shape index (κ3) is 4.08. The summed E-state index contributed by atoms with van der Waals surface area (Å²) in [5.74, 6) is -0.395. The number of para-hydroxylation sites is 1. The normalized spacial score (nSPS) is 10.9. The highest BCUT2D eigenvalue weighted by atomic mass is 16.2. The molecule has 0 bridgehead atoms. The van der Waals surface area contributed by atoms with Gasteiger partial charge in [-0.2, -0.15) is 5.10 Å². The molecule has 0 unspecified atom stereocenters. The van der Waals surface area contributed by atoms with Crippen LogP contribution in [0.1, 0.15) is 21.6 Å². The number of hydrogen-bond acceptors (Lipinski definition) is 3. The summed E-state index contributed by atoms with van der Waals surface area (Å²) in [6.45, 7) is 3.83. The second kappa shape index (κ2) is 8.95. The van der Waals surface area contributed by atoms with Crippen molar-refractivity contribution < 1.29 is 4.79 Å². The molecule has 7 nitrogen and oxygen atoms in total. The summed E-state index contributed by atoms with van der Waals surface area (Å²) < 4.78 is 4.97. The van der Waals surface area contributed by atoms with E-state index in [1.54, 1.807) is 27.3 Å². The van der Waals surface area contributed by atoms with E-state index in [2.05, 4.69) is 5.32 Å². The van der Waals surface area contributed by atoms with Gasteiger partial charge in [0.1, 0.15) is 11.4 Å². The Bertz CT molecular complexity index is 1560. The number of rotatable bonds is 5. The number of carbonyl (C=O) groups is 1. The average molecular weight is 464 g/mol. The molecule has 174 valence electrons. The van der Waals surface area contributed by atoms with Crippen molar-refractivity contribution in [3.8, 4) is 22.6 Å². The summed E-state index contributed by atoms with van der Waals surface area (Å²) in [7, 11) is 1.80. The van der Waals surface area contributed by atoms with Gasteiger partial charge in [-0.15, -0.1) is 0 Å². The molecule has 35 heavy (non-hydrogen) atoms. The maximum atomic E-state index is 13.5. The maximum absolute atomic E-state index is 13.5. The predicted molar refractivity (Wildman–Crippen MR) is 137 cm³/mol. The Labute approximate surface area is 202 Å². The Kier molecular flexibility index (Phi) is 5.66. The van der Waals surface area contributed by atoms with Crippen molar-refractivity contribution in [2.24, 2.45) is 7.05 Å². The SMILES string of the molecule is Cc1ccc(-n2cc(C(=O)Nc3c(C)n(C)n(-c4ccccc4)c3=O)c(-c3ccccc3)n2)cc1. The topological polar surface area (TPSA) is 73.8 Å². The van der Waals surface area contributed by atoms with Gasteiger partial charge in [0.25, 0.3) is 11.5 Å². The lowest BCUT2D eigenvalue weighted by Crippen LogP contribution is -2.23. The van der Waals surface area contributed by atoms with Crippen LogP contribution in [0.15, 0.2) is 95.9 Å². The van der Waals surface area contributed by atoms with Crippen LogP contribution in [0.5, 0.6) is 0 Å². The van der Waals surface area contributed by atoms with Gasteiger partial charge in [0.15, 0.2) is 0 Å². The lowest BCUT2D eigenvalue weighted by atomic mass is 10.1. The first-order valence-electron chi connectivity index (χ1n) is 11.3. The highest BCUT2D eigenvalue weighted by Crippen LogP contribution is 2.25. The van der Waals surface area contributed by atoms with E-state index in [4.69, 9.17) is 5.10 Å². The van der Waals surface area contributed by atoms with Crippen molar-refractivity contribution in [3.05, 3.63) is 118 Å². The lowest BCUT2D eigenvalue weighted by molar-refractivity contribution is 0.102. The van der Waals surface area contributed by atoms with Crippen LogP contribution in [-0.4, -0.2) is 25.1 Å². The van der Waals surface area contributed by atoms with Crippen LogP contribution >= 0.6 is 0 Å². The summed E-state index contributed by atoms with van der Waals surface area (Å²) in [5.41, 5.74) is 5.03. The van der Waals surface area contributed by atoms with E-state index in [0.29, 0.717) is 17.0 Å². The third-order valence-electron chi connectivity index (χ3n) is 6.10. The molecule has 1 amide bonds. The van der Waals surface area contributed by atoms with Gasteiger partial charge < -0.3 is 5.32 Å². The van der Waals surface area contributed by atoms with Crippen LogP contribution in [0, 0.1) is 13.8 Å². The monoisotopic (exact) mass is 463 g/mol. The number of benzene rings is 3. The molecule has 0 atom stereocenters. The molecular formula is C28H25N5O2. The van der Waals surface area contributed by atoms with E-state index in [1.165, 1.54) is 0 Å². The number of nitrogens with zero attached hydrogens (tertiary/aromatic N) is 4. The minimum absolute atomic E-state index is 0.239. The minimum atomic E-state index is -0.395. The highest BCUT2D eigenvalue weighted by Gasteiger charge is 2.23. The standard InChI is InChI=1S/C28H25N5O2/c1-19-14-16-22(17-15-19)32-18-24(26(30-32)21-10-6-4-7-11-21)27(34)29-25-20(2)31(3)33(28(25)35)23-12-8-5-9-13-23/h4-18H,1-3H3,(H,29,34). The van der Waals surface area contributed by atoms with E-state index in [0.717, 1.165) is 22.5 Å². The number of amides is 1. The molecule has 5 aromatic rings. The van der Waals surface area contributed by atoms with Crippen molar-refractivity contribution in [1.29, 1.82) is 0 Å². The average Bonchev–Trinajstić information content (AvgIpc) is 3.41. The summed E-state index contributed by atoms with van der Waals surface area (Å²) in [4.78, 5) is 26.8. The van der Waals surface area contributed by atoms with Gasteiger partial charge in [0, 0.05) is 18.8 Å². The molecule has 5 rings (SSSR count). The Morgan fingerprint density at radius 1 is 0.829 bits per heavy atom. The first-order chi connectivity index (χ1) is 16.9. The Morgan fingerprint density at radius 3 is 2.11 bits per heavy atom. The smallest absolute Gasteiger partial charge is 0.295 e. The Hall–Kier alpha value is -4.65. The first kappa shape index (κ1) is 22.2. The fourth-order valence-electron chi connectivity index (χ4n) is 4.07. The van der Waals surface area contributed by atoms with E-state index in [1.807, 2.05) is 98.8 Å². The van der Waals surface area contributed by atoms with Crippen molar-refractivity contribution in [3.63, 3.8) is 0 Å². The molecule has 0 aliphatic heterocycles. The van der Waals surface area contributed by atoms with Crippen LogP contribution < -0.4 is 10.9 Å². The first-order valence-corrected chi connectivity index (χ1v) is 11.3. The van der Waals surface area contributed by atoms with Gasteiger partial charge in [0.05, 0.1) is 22.6 Å². The fraction of sp³-hybridized carbons (Fsp3) is 0.107. The van der Waals surface area contributed by atoms with Crippen LogP contribution in [0.2, 0.25) is 0 Å². The molecule has 2 heterocycles. The fourth-order valence-corrected chi connectivity index (χ4v) is 4.07. The highest BCUT2D eigenvalue weighted by molar-refractivity contribution is 6.08. The second-order valence-corrected chi connectivity index (χ2v) is 8.43. The van der Waals surface area contributed by atoms with Crippen molar-refractivity contribution >= 4 is 11.6 Å². The minimum Gasteiger partial charge on any atom is -0.316 e. The van der Waals surface area contributed by atoms with Gasteiger partial charge in [-0.3, -0.25) is 14.3 Å². The van der Waals surface area contributed by atoms with Crippen molar-refractivity contribution in [2.45, 2.75) is 13.8 Å². The number of hydrogen-bond donors (Lipinski definition) is 1. The molecule has 3 aromatic carbocycles. The quantitative estimate of drug-likeness (QED) is 0.403. The number of aryl methyl sites for hydroxylation is 1. The molecular weight excluding hydrogens is 438 g/mol. The van der Waals surface area contributed by atoms with Gasteiger partial charge in [-0.25, -0.2) is 9.36 Å². The molecule has 0 saturated heterocycles. The largest absolute Gasteiger partial charge is 0.316 e. The van der Waals surface area contributed by atoms with Crippen LogP contribution in [0.3, 0.4) is 0 Å². The maximum Gasteiger partial charge on any atom is 0.295 e. The Morgan fingerprint density at radius 2 is 1.46 bits per heavy atom. The number of nitrogens with one attached hydrogen (secondary N) is 1. The van der Waals surface area contributed by atoms with E-state index in [-0.39, 0.29) is 11.2 Å². The number of aromatic nitrogens is 4. The molecule has 0 fully saturated rings. The molecule has 1 N–H and O–H groups in total. The Balaban J connectivity index is 1.57. The zero-order valence-electron chi connectivity index (χ0n) is 19.8. The summed E-state index contributed by atoms with van der Waals surface area (Å²) in [6, 6.07) is 26.8. The van der Waals surface area contributed by atoms with Crippen LogP contribution in [-0.2, 0) is 7.05 Å². The third-order valence-corrected chi connectivity index (χ3v) is 6.10. The van der Waals surface area contributed by atoms with Crippen molar-refractivity contribution in [1.82, 2.24) is 19.1 Å². The molecule has 0 saturated carbocycles. The molecule has 7 heteroatoms. The van der Waals surface area contributed by atoms with Gasteiger partial charge in [-0.1, -0.05) is 66.2 Å². The zero-order chi connectivity index (χ0) is 24.5. The summed E-state index contributed by atoms with van der Waals surface area (Å²) >= 11 is 0. The molecule has 0 aliphatic rings. The molecule has 0 spiro atoms. The van der Waals surface area contributed by atoms with E-state index >= 15 is 0 Å². The van der Waals surface area contributed by atoms with Gasteiger partial charge in [-0.05, 0) is 38.1 Å². The predicted octanol–water partition coefficient (Wildman–Crippen LogP) is 4.90. The molecule has 0 aliphatic carbocycles. The lowest BCUT2D eigenvalue weighted by Gasteiger charge is -2.07. The van der Waals surface area contributed by atoms with E-state index < -0.39 is 5.91 Å².